The Hall–Kier alpha value is 0.430. The fraction of sp³-hybridized carbons (Fsp3) is 0.429. The Balaban J connectivity index is 3.28. The zero-order chi connectivity index (χ0) is 17.7. The quantitative estimate of drug-likeness (QED) is 0.345. The van der Waals surface area contributed by atoms with Crippen LogP contribution in [0, 0.1) is 10.7 Å². The van der Waals surface area contributed by atoms with Crippen LogP contribution in [0.15, 0.2) is 6.07 Å². The highest BCUT2D eigenvalue weighted by atomic mass is 127. The first-order valence-electron chi connectivity index (χ1n) is 6.48. The highest BCUT2D eigenvalue weighted by Gasteiger charge is 2.26. The van der Waals surface area contributed by atoms with E-state index in [2.05, 4.69) is 45.2 Å². The number of nitrogens with zero attached hydrogens (tertiary/aromatic N) is 1. The van der Waals surface area contributed by atoms with Crippen LogP contribution < -0.4 is 0 Å². The number of hydrogen-bond donors (Lipinski definition) is 2. The van der Waals surface area contributed by atoms with Crippen molar-refractivity contribution < 1.29 is 24.5 Å². The third-order valence-corrected chi connectivity index (χ3v) is 5.76. The molecule has 0 aromatic heterocycles. The normalized spacial score (nSPS) is 12.1. The van der Waals surface area contributed by atoms with Crippen LogP contribution >= 0.6 is 67.8 Å². The number of ketones is 1. The molecule has 1 rings (SSSR count). The second-order valence-corrected chi connectivity index (χ2v) is 8.19. The Bertz CT molecular complexity index is 609. The largest absolute Gasteiger partial charge is 0.394 e. The third kappa shape index (κ3) is 5.45. The molecule has 1 amide bonds. The van der Waals surface area contributed by atoms with E-state index in [1.807, 2.05) is 22.6 Å². The maximum absolute atomic E-state index is 12.7. The van der Waals surface area contributed by atoms with Crippen LogP contribution in [0.4, 0.5) is 0 Å². The molecule has 23 heavy (non-hydrogen) atoms. The summed E-state index contributed by atoms with van der Waals surface area (Å²) in [5.74, 6) is -0.501. The number of likely N-dealkylation sites (N-methyl/N-ethyl adjacent to an activating group) is 1. The summed E-state index contributed by atoms with van der Waals surface area (Å²) in [6.07, 6.45) is -1.00. The zero-order valence-corrected chi connectivity index (χ0v) is 18.9. The number of ether oxygens (including phenoxy) is 1. The van der Waals surface area contributed by atoms with Crippen molar-refractivity contribution in [3.8, 4) is 0 Å². The number of halogens is 3. The van der Waals surface area contributed by atoms with Crippen molar-refractivity contribution in [3.63, 3.8) is 0 Å². The number of hydrogen-bond acceptors (Lipinski definition) is 5. The van der Waals surface area contributed by atoms with Crippen LogP contribution in [0.1, 0.15) is 20.7 Å². The van der Waals surface area contributed by atoms with Gasteiger partial charge in [0.2, 0.25) is 0 Å². The minimum atomic E-state index is -1.00. The van der Waals surface area contributed by atoms with Gasteiger partial charge < -0.3 is 19.8 Å². The van der Waals surface area contributed by atoms with Crippen molar-refractivity contribution in [2.45, 2.75) is 6.10 Å². The molecular formula is C14H16I3NO5. The Morgan fingerprint density at radius 2 is 1.83 bits per heavy atom. The number of aliphatic hydroxyl groups is 2. The molecule has 1 unspecified atom stereocenters. The second-order valence-electron chi connectivity index (χ2n) is 4.78. The molecule has 9 heteroatoms. The van der Waals surface area contributed by atoms with Crippen LogP contribution in [0.3, 0.4) is 0 Å². The maximum atomic E-state index is 12.7. The number of aliphatic hydroxyl groups excluding tert-OH is 2. The van der Waals surface area contributed by atoms with Crippen molar-refractivity contribution in [3.05, 3.63) is 27.9 Å². The fourth-order valence-corrected chi connectivity index (χ4v) is 6.33. The molecule has 0 heterocycles. The summed E-state index contributed by atoms with van der Waals surface area (Å²) in [5, 5.41) is 18.4. The van der Waals surface area contributed by atoms with E-state index in [0.717, 1.165) is 7.14 Å². The average molecular weight is 659 g/mol. The topological polar surface area (TPSA) is 87.1 Å². The van der Waals surface area contributed by atoms with Crippen LogP contribution in [-0.2, 0) is 4.74 Å². The van der Waals surface area contributed by atoms with Crippen LogP contribution in [0.5, 0.6) is 0 Å². The minimum absolute atomic E-state index is 0.00876. The number of benzene rings is 1. The molecule has 6 nitrogen and oxygen atoms in total. The fourth-order valence-electron chi connectivity index (χ4n) is 1.89. The molecule has 0 saturated heterocycles. The van der Waals surface area contributed by atoms with Gasteiger partial charge in [0.25, 0.3) is 5.91 Å². The monoisotopic (exact) mass is 659 g/mol. The van der Waals surface area contributed by atoms with E-state index in [0.29, 0.717) is 14.7 Å². The van der Waals surface area contributed by atoms with Gasteiger partial charge in [-0.3, -0.25) is 9.59 Å². The van der Waals surface area contributed by atoms with E-state index in [-0.39, 0.29) is 24.8 Å². The summed E-state index contributed by atoms with van der Waals surface area (Å²) in [5.41, 5.74) is 0.881. The maximum Gasteiger partial charge on any atom is 0.255 e. The third-order valence-electron chi connectivity index (χ3n) is 2.98. The van der Waals surface area contributed by atoms with Crippen molar-refractivity contribution in [1.29, 1.82) is 0 Å². The van der Waals surface area contributed by atoms with E-state index >= 15 is 0 Å². The Kier molecular flexibility index (Phi) is 9.14. The van der Waals surface area contributed by atoms with Crippen LogP contribution in [-0.4, -0.2) is 66.8 Å². The molecule has 1 aromatic carbocycles. The summed E-state index contributed by atoms with van der Waals surface area (Å²) in [6.45, 7) is -0.468. The molecule has 0 bridgehead atoms. The van der Waals surface area contributed by atoms with E-state index in [9.17, 15) is 14.7 Å². The van der Waals surface area contributed by atoms with Gasteiger partial charge in [0.1, 0.15) is 6.61 Å². The predicted molar refractivity (Wildman–Crippen MR) is 111 cm³/mol. The molecule has 0 spiro atoms. The predicted octanol–water partition coefficient (Wildman–Crippen LogP) is 1.75. The van der Waals surface area contributed by atoms with Crippen molar-refractivity contribution in [1.82, 2.24) is 4.90 Å². The number of carbonyl (C=O) groups is 2. The smallest absolute Gasteiger partial charge is 0.255 e. The molecule has 2 N–H and O–H groups in total. The Labute approximate surface area is 175 Å². The number of amides is 1. The van der Waals surface area contributed by atoms with Gasteiger partial charge in [-0.25, -0.2) is 0 Å². The van der Waals surface area contributed by atoms with Gasteiger partial charge in [0, 0.05) is 37.0 Å². The van der Waals surface area contributed by atoms with Crippen molar-refractivity contribution in [2.24, 2.45) is 0 Å². The molecule has 1 aromatic rings. The first kappa shape index (κ1) is 21.5. The molecule has 0 fully saturated rings. The summed E-state index contributed by atoms with van der Waals surface area (Å²) in [7, 11) is 2.99. The number of carbonyl (C=O) groups excluding carboxylic acids is 2. The van der Waals surface area contributed by atoms with Crippen molar-refractivity contribution >= 4 is 79.5 Å². The number of methoxy groups -OCH3 is 1. The lowest BCUT2D eigenvalue weighted by molar-refractivity contribution is 0.0518. The molecule has 0 saturated carbocycles. The lowest BCUT2D eigenvalue weighted by atomic mass is 10.1. The van der Waals surface area contributed by atoms with Gasteiger partial charge in [0.05, 0.1) is 18.3 Å². The summed E-state index contributed by atoms with van der Waals surface area (Å²) in [6, 6.07) is 1.77. The summed E-state index contributed by atoms with van der Waals surface area (Å²) in [4.78, 5) is 26.2. The van der Waals surface area contributed by atoms with Gasteiger partial charge in [-0.1, -0.05) is 0 Å². The zero-order valence-electron chi connectivity index (χ0n) is 12.5. The molecular weight excluding hydrogens is 643 g/mol. The van der Waals surface area contributed by atoms with E-state index in [4.69, 9.17) is 9.84 Å². The first-order chi connectivity index (χ1) is 10.7. The van der Waals surface area contributed by atoms with Crippen LogP contribution in [0.25, 0.3) is 0 Å². The lowest BCUT2D eigenvalue weighted by Gasteiger charge is -2.22. The van der Waals surface area contributed by atoms with Crippen LogP contribution in [0.2, 0.25) is 0 Å². The average Bonchev–Trinajstić information content (AvgIpc) is 2.46. The second kappa shape index (κ2) is 9.79. The van der Waals surface area contributed by atoms with E-state index < -0.39 is 12.7 Å². The van der Waals surface area contributed by atoms with E-state index in [1.54, 1.807) is 13.1 Å². The van der Waals surface area contributed by atoms with E-state index in [1.165, 1.54) is 12.0 Å². The summed E-state index contributed by atoms with van der Waals surface area (Å²) < 4.78 is 6.95. The van der Waals surface area contributed by atoms with Gasteiger partial charge >= 0.3 is 0 Å². The highest BCUT2D eigenvalue weighted by Crippen LogP contribution is 2.29. The SMILES string of the molecule is COCC(=O)c1c(I)cc(I)c(C(=O)N(C)CC(O)CO)c1I. The van der Waals surface area contributed by atoms with Crippen molar-refractivity contribution in [2.75, 3.05) is 33.9 Å². The van der Waals surface area contributed by atoms with Gasteiger partial charge in [-0.2, -0.15) is 0 Å². The van der Waals surface area contributed by atoms with Gasteiger partial charge in [-0.05, 0) is 73.8 Å². The standard InChI is InChI=1S/C14H16I3NO5/c1-18(4-7(20)5-19)14(22)12-9(16)3-8(15)11(13(12)17)10(21)6-23-2/h3,7,19-20H,4-6H2,1-2H3. The summed E-state index contributed by atoms with van der Waals surface area (Å²) >= 11 is 6.11. The Morgan fingerprint density at radius 1 is 1.26 bits per heavy atom. The minimum Gasteiger partial charge on any atom is -0.394 e. The first-order valence-corrected chi connectivity index (χ1v) is 9.72. The van der Waals surface area contributed by atoms with Gasteiger partial charge in [0.15, 0.2) is 5.78 Å². The molecule has 1 atom stereocenters. The highest BCUT2D eigenvalue weighted by molar-refractivity contribution is 14.1. The molecule has 0 radical (unpaired) electrons. The molecule has 0 aliphatic carbocycles. The molecule has 128 valence electrons. The molecule has 0 aliphatic rings. The van der Waals surface area contributed by atoms with Gasteiger partial charge in [-0.15, -0.1) is 0 Å². The number of rotatable bonds is 7. The Morgan fingerprint density at radius 3 is 2.35 bits per heavy atom. The lowest BCUT2D eigenvalue weighted by Crippen LogP contribution is -2.37. The number of Topliss-reactive ketones (excluding diaryl/α,β-unsaturated/α-hetero) is 1. The molecule has 0 aliphatic heterocycles.